The monoisotopic (exact) mass is 466 g/mol. The van der Waals surface area contributed by atoms with Crippen LogP contribution in [0.15, 0.2) is 53.4 Å². The van der Waals surface area contributed by atoms with Gasteiger partial charge in [-0.15, -0.1) is 10.2 Å². The molecule has 156 valence electrons. The van der Waals surface area contributed by atoms with E-state index in [-0.39, 0.29) is 9.90 Å². The molecule has 3 aromatic rings. The number of benzene rings is 2. The maximum atomic E-state index is 13.3. The summed E-state index contributed by atoms with van der Waals surface area (Å²) in [6.45, 7) is 0.347. The molecule has 0 saturated carbocycles. The van der Waals surface area contributed by atoms with E-state index in [0.29, 0.717) is 35.1 Å². The van der Waals surface area contributed by atoms with Crippen LogP contribution in [0.5, 0.6) is 0 Å². The third-order valence-electron chi connectivity index (χ3n) is 4.63. The normalized spacial score (nSPS) is 17.2. The van der Waals surface area contributed by atoms with Gasteiger partial charge in [0.15, 0.2) is 0 Å². The first-order chi connectivity index (χ1) is 14.3. The number of nitrogens with one attached hydrogen (secondary N) is 1. The number of halogens is 2. The SMILES string of the molecule is O=C(Nc1cccc(F)c1)c1nnc([C@@H]2CCCN2S(=O)(=O)c2ccc(Cl)cc2)s1. The van der Waals surface area contributed by atoms with Gasteiger partial charge in [-0.1, -0.05) is 29.0 Å². The van der Waals surface area contributed by atoms with E-state index in [0.717, 1.165) is 11.3 Å². The standard InChI is InChI=1S/C19H16ClFN4O3S2/c20-12-6-8-15(9-7-12)30(27,28)25-10-2-5-16(25)18-23-24-19(29-18)17(26)22-14-4-1-3-13(21)11-14/h1,3-4,6-9,11,16H,2,5,10H2,(H,22,26)/t16-/m0/s1. The molecule has 0 aliphatic carbocycles. The number of hydrogen-bond acceptors (Lipinski definition) is 6. The molecule has 4 rings (SSSR count). The van der Waals surface area contributed by atoms with Crippen molar-refractivity contribution in [2.45, 2.75) is 23.8 Å². The van der Waals surface area contributed by atoms with E-state index >= 15 is 0 Å². The molecule has 0 unspecified atom stereocenters. The van der Waals surface area contributed by atoms with Crippen molar-refractivity contribution in [2.24, 2.45) is 0 Å². The zero-order valence-electron chi connectivity index (χ0n) is 15.5. The summed E-state index contributed by atoms with van der Waals surface area (Å²) in [6, 6.07) is 11.0. The van der Waals surface area contributed by atoms with E-state index in [1.165, 1.54) is 46.8 Å². The van der Waals surface area contributed by atoms with Crippen molar-refractivity contribution in [3.63, 3.8) is 0 Å². The van der Waals surface area contributed by atoms with Crippen molar-refractivity contribution < 1.29 is 17.6 Å². The van der Waals surface area contributed by atoms with Gasteiger partial charge < -0.3 is 5.32 Å². The molecule has 1 atom stereocenters. The second-order valence-electron chi connectivity index (χ2n) is 6.64. The average molecular weight is 467 g/mol. The van der Waals surface area contributed by atoms with Gasteiger partial charge in [0.25, 0.3) is 5.91 Å². The maximum Gasteiger partial charge on any atom is 0.286 e. The van der Waals surface area contributed by atoms with Gasteiger partial charge in [0.05, 0.1) is 10.9 Å². The third-order valence-corrected chi connectivity index (χ3v) is 7.82. The lowest BCUT2D eigenvalue weighted by atomic mass is 10.2. The second kappa shape index (κ2) is 8.38. The quantitative estimate of drug-likeness (QED) is 0.611. The summed E-state index contributed by atoms with van der Waals surface area (Å²) in [5, 5.41) is 11.5. The van der Waals surface area contributed by atoms with E-state index in [1.54, 1.807) is 6.07 Å². The van der Waals surface area contributed by atoms with Gasteiger partial charge in [-0.05, 0) is 55.3 Å². The number of carbonyl (C=O) groups is 1. The van der Waals surface area contributed by atoms with Crippen LogP contribution in [0, 0.1) is 5.82 Å². The molecule has 1 aliphatic rings. The molecular formula is C19H16ClFN4O3S2. The van der Waals surface area contributed by atoms with Crippen molar-refractivity contribution in [3.8, 4) is 0 Å². The molecule has 2 heterocycles. The third kappa shape index (κ3) is 4.22. The molecule has 30 heavy (non-hydrogen) atoms. The highest BCUT2D eigenvalue weighted by atomic mass is 35.5. The molecule has 7 nitrogen and oxygen atoms in total. The number of hydrogen-bond donors (Lipinski definition) is 1. The first-order valence-electron chi connectivity index (χ1n) is 9.02. The van der Waals surface area contributed by atoms with Crippen LogP contribution < -0.4 is 5.32 Å². The molecule has 1 fully saturated rings. The number of aromatic nitrogens is 2. The Bertz CT molecular complexity index is 1180. The van der Waals surface area contributed by atoms with Crippen LogP contribution in [-0.2, 0) is 10.0 Å². The molecule has 0 radical (unpaired) electrons. The number of sulfonamides is 1. The molecule has 1 N–H and O–H groups in total. The highest BCUT2D eigenvalue weighted by Crippen LogP contribution is 2.38. The lowest BCUT2D eigenvalue weighted by molar-refractivity contribution is 0.102. The number of nitrogens with zero attached hydrogens (tertiary/aromatic N) is 3. The van der Waals surface area contributed by atoms with E-state index in [4.69, 9.17) is 11.6 Å². The fourth-order valence-corrected chi connectivity index (χ4v) is 5.97. The van der Waals surface area contributed by atoms with Gasteiger partial charge in [0.1, 0.15) is 10.8 Å². The Kier molecular flexibility index (Phi) is 5.83. The molecule has 0 bridgehead atoms. The summed E-state index contributed by atoms with van der Waals surface area (Å²) >= 11 is 6.89. The van der Waals surface area contributed by atoms with Crippen LogP contribution in [0.3, 0.4) is 0 Å². The summed E-state index contributed by atoms with van der Waals surface area (Å²) in [5.41, 5.74) is 0.296. The smallest absolute Gasteiger partial charge is 0.286 e. The first-order valence-corrected chi connectivity index (χ1v) is 11.7. The van der Waals surface area contributed by atoms with E-state index in [1.807, 2.05) is 0 Å². The Hall–Kier alpha value is -2.40. The molecule has 1 aromatic heterocycles. The van der Waals surface area contributed by atoms with Gasteiger partial charge in [-0.3, -0.25) is 4.79 Å². The Balaban J connectivity index is 1.54. The van der Waals surface area contributed by atoms with E-state index < -0.39 is 27.8 Å². The van der Waals surface area contributed by atoms with Crippen molar-refractivity contribution in [3.05, 3.63) is 69.4 Å². The van der Waals surface area contributed by atoms with Crippen molar-refractivity contribution in [1.29, 1.82) is 0 Å². The highest BCUT2D eigenvalue weighted by Gasteiger charge is 2.38. The molecule has 0 spiro atoms. The molecule has 1 saturated heterocycles. The van der Waals surface area contributed by atoms with Gasteiger partial charge in [0, 0.05) is 17.3 Å². The van der Waals surface area contributed by atoms with E-state index in [9.17, 15) is 17.6 Å². The fourth-order valence-electron chi connectivity index (χ4n) is 3.23. The summed E-state index contributed by atoms with van der Waals surface area (Å²) < 4.78 is 40.8. The number of amides is 1. The summed E-state index contributed by atoms with van der Waals surface area (Å²) in [6.07, 6.45) is 1.24. The van der Waals surface area contributed by atoms with Crippen LogP contribution in [0.1, 0.15) is 33.7 Å². The Labute approximate surface area is 181 Å². The van der Waals surface area contributed by atoms with Crippen molar-refractivity contribution in [1.82, 2.24) is 14.5 Å². The largest absolute Gasteiger partial charge is 0.320 e. The first kappa shape index (κ1) is 20.9. The average Bonchev–Trinajstić information content (AvgIpc) is 3.38. The zero-order valence-corrected chi connectivity index (χ0v) is 17.8. The Morgan fingerprint density at radius 2 is 1.97 bits per heavy atom. The van der Waals surface area contributed by atoms with Crippen molar-refractivity contribution in [2.75, 3.05) is 11.9 Å². The number of rotatable bonds is 5. The molecular weight excluding hydrogens is 451 g/mol. The molecule has 1 aliphatic heterocycles. The van der Waals surface area contributed by atoms with Crippen LogP contribution in [0.4, 0.5) is 10.1 Å². The minimum absolute atomic E-state index is 0.0741. The van der Waals surface area contributed by atoms with Crippen molar-refractivity contribution >= 4 is 44.6 Å². The van der Waals surface area contributed by atoms with Crippen LogP contribution in [0.2, 0.25) is 5.02 Å². The minimum atomic E-state index is -3.75. The summed E-state index contributed by atoms with van der Waals surface area (Å²) in [7, 11) is -3.75. The number of carbonyl (C=O) groups excluding carboxylic acids is 1. The molecule has 1 amide bonds. The van der Waals surface area contributed by atoms with Crippen LogP contribution in [-0.4, -0.2) is 35.4 Å². The fraction of sp³-hybridized carbons (Fsp3) is 0.211. The predicted molar refractivity (Wildman–Crippen MR) is 112 cm³/mol. The van der Waals surface area contributed by atoms with Gasteiger partial charge in [0.2, 0.25) is 15.0 Å². The van der Waals surface area contributed by atoms with Gasteiger partial charge in [-0.25, -0.2) is 12.8 Å². The Morgan fingerprint density at radius 3 is 2.70 bits per heavy atom. The lowest BCUT2D eigenvalue weighted by Gasteiger charge is -2.22. The Morgan fingerprint density at radius 1 is 1.20 bits per heavy atom. The van der Waals surface area contributed by atoms with Crippen LogP contribution in [0.25, 0.3) is 0 Å². The molecule has 11 heteroatoms. The van der Waals surface area contributed by atoms with Crippen LogP contribution >= 0.6 is 22.9 Å². The summed E-state index contributed by atoms with van der Waals surface area (Å²) in [5.74, 6) is -1.01. The minimum Gasteiger partial charge on any atom is -0.320 e. The van der Waals surface area contributed by atoms with E-state index in [2.05, 4.69) is 15.5 Å². The summed E-state index contributed by atoms with van der Waals surface area (Å²) in [4.78, 5) is 12.6. The van der Waals surface area contributed by atoms with Gasteiger partial charge >= 0.3 is 0 Å². The lowest BCUT2D eigenvalue weighted by Crippen LogP contribution is -2.30. The van der Waals surface area contributed by atoms with Gasteiger partial charge in [-0.2, -0.15) is 4.31 Å². The topological polar surface area (TPSA) is 92.3 Å². The zero-order chi connectivity index (χ0) is 21.3. The highest BCUT2D eigenvalue weighted by molar-refractivity contribution is 7.89. The number of anilines is 1. The predicted octanol–water partition coefficient (Wildman–Crippen LogP) is 4.11. The molecule has 2 aromatic carbocycles. The maximum absolute atomic E-state index is 13.3. The second-order valence-corrected chi connectivity index (χ2v) is 9.97.